The topological polar surface area (TPSA) is 29.3 Å². The molecule has 1 aromatic carbocycles. The van der Waals surface area contributed by atoms with E-state index in [9.17, 15) is 0 Å². The molecule has 3 heteroatoms. The standard InChI is InChI=1S/C18H30N2S/c1-4-5-11-20(16-9-7-6-8-10-16)18(13-19)12-17(2,3)14-21-15-18/h6-10H,4-5,11-15,19H2,1-3H3. The third-order valence-corrected chi connectivity index (χ3v) is 6.15. The van der Waals surface area contributed by atoms with Gasteiger partial charge in [-0.05, 0) is 36.1 Å². The summed E-state index contributed by atoms with van der Waals surface area (Å²) in [5.41, 5.74) is 8.11. The summed E-state index contributed by atoms with van der Waals surface area (Å²) in [6, 6.07) is 10.8. The summed E-state index contributed by atoms with van der Waals surface area (Å²) < 4.78 is 0. The van der Waals surface area contributed by atoms with E-state index in [1.807, 2.05) is 0 Å². The van der Waals surface area contributed by atoms with Crippen molar-refractivity contribution in [3.8, 4) is 0 Å². The van der Waals surface area contributed by atoms with Gasteiger partial charge in [0.25, 0.3) is 0 Å². The van der Waals surface area contributed by atoms with Crippen LogP contribution in [0.2, 0.25) is 0 Å². The van der Waals surface area contributed by atoms with Gasteiger partial charge in [-0.3, -0.25) is 0 Å². The van der Waals surface area contributed by atoms with Crippen LogP contribution in [0.3, 0.4) is 0 Å². The molecule has 1 saturated heterocycles. The van der Waals surface area contributed by atoms with Crippen LogP contribution in [0.5, 0.6) is 0 Å². The van der Waals surface area contributed by atoms with Crippen molar-refractivity contribution in [1.29, 1.82) is 0 Å². The zero-order valence-corrected chi connectivity index (χ0v) is 14.6. The Morgan fingerprint density at radius 1 is 1.19 bits per heavy atom. The normalized spacial score (nSPS) is 24.8. The molecule has 0 bridgehead atoms. The number of para-hydroxylation sites is 1. The Labute approximate surface area is 134 Å². The van der Waals surface area contributed by atoms with Crippen LogP contribution in [0, 0.1) is 5.41 Å². The molecule has 1 fully saturated rings. The molecule has 1 heterocycles. The minimum atomic E-state index is 0.100. The Morgan fingerprint density at radius 2 is 1.90 bits per heavy atom. The molecule has 1 atom stereocenters. The first-order valence-corrected chi connectivity index (χ1v) is 9.29. The van der Waals surface area contributed by atoms with Gasteiger partial charge in [0.05, 0.1) is 5.54 Å². The second-order valence-corrected chi connectivity index (χ2v) is 8.09. The molecule has 21 heavy (non-hydrogen) atoms. The number of nitrogens with two attached hydrogens (primary N) is 1. The van der Waals surface area contributed by atoms with Gasteiger partial charge in [0, 0.05) is 24.5 Å². The average Bonchev–Trinajstić information content (AvgIpc) is 2.47. The molecular weight excluding hydrogens is 276 g/mol. The minimum Gasteiger partial charge on any atom is -0.364 e. The Bertz CT molecular complexity index is 432. The van der Waals surface area contributed by atoms with Gasteiger partial charge in [-0.2, -0.15) is 11.8 Å². The van der Waals surface area contributed by atoms with Crippen LogP contribution in [0.1, 0.15) is 40.0 Å². The predicted molar refractivity (Wildman–Crippen MR) is 96.2 cm³/mol. The van der Waals surface area contributed by atoms with Gasteiger partial charge in [0.2, 0.25) is 0 Å². The number of nitrogens with zero attached hydrogens (tertiary/aromatic N) is 1. The fraction of sp³-hybridized carbons (Fsp3) is 0.667. The van der Waals surface area contributed by atoms with Crippen LogP contribution in [0.4, 0.5) is 5.69 Å². The highest BCUT2D eigenvalue weighted by Crippen LogP contribution is 2.43. The van der Waals surface area contributed by atoms with Gasteiger partial charge in [0.1, 0.15) is 0 Å². The van der Waals surface area contributed by atoms with Gasteiger partial charge < -0.3 is 10.6 Å². The summed E-state index contributed by atoms with van der Waals surface area (Å²) in [4.78, 5) is 2.60. The third kappa shape index (κ3) is 3.95. The summed E-state index contributed by atoms with van der Waals surface area (Å²) in [6.07, 6.45) is 3.63. The van der Waals surface area contributed by atoms with Gasteiger partial charge in [0.15, 0.2) is 0 Å². The summed E-state index contributed by atoms with van der Waals surface area (Å²) in [5, 5.41) is 0. The Balaban J connectivity index is 2.32. The van der Waals surface area contributed by atoms with Crippen LogP contribution in [0.25, 0.3) is 0 Å². The quantitative estimate of drug-likeness (QED) is 0.856. The molecule has 0 saturated carbocycles. The van der Waals surface area contributed by atoms with Crippen LogP contribution in [0.15, 0.2) is 30.3 Å². The number of hydrogen-bond acceptors (Lipinski definition) is 3. The first kappa shape index (κ1) is 16.7. The number of hydrogen-bond donors (Lipinski definition) is 1. The number of benzene rings is 1. The molecular formula is C18H30N2S. The highest BCUT2D eigenvalue weighted by Gasteiger charge is 2.43. The lowest BCUT2D eigenvalue weighted by Gasteiger charge is -2.51. The molecule has 2 N–H and O–H groups in total. The summed E-state index contributed by atoms with van der Waals surface area (Å²) >= 11 is 2.07. The van der Waals surface area contributed by atoms with Crippen molar-refractivity contribution in [1.82, 2.24) is 0 Å². The Morgan fingerprint density at radius 3 is 2.48 bits per heavy atom. The molecule has 2 rings (SSSR count). The van der Waals surface area contributed by atoms with E-state index in [1.54, 1.807) is 0 Å². The van der Waals surface area contributed by atoms with E-state index in [-0.39, 0.29) is 5.54 Å². The zero-order valence-electron chi connectivity index (χ0n) is 13.8. The van der Waals surface area contributed by atoms with Gasteiger partial charge in [-0.25, -0.2) is 0 Å². The monoisotopic (exact) mass is 306 g/mol. The third-order valence-electron chi connectivity index (χ3n) is 4.43. The molecule has 1 unspecified atom stereocenters. The van der Waals surface area contributed by atoms with Gasteiger partial charge in [-0.15, -0.1) is 0 Å². The van der Waals surface area contributed by atoms with E-state index in [1.165, 1.54) is 30.7 Å². The van der Waals surface area contributed by atoms with E-state index in [0.717, 1.165) is 18.8 Å². The number of thioether (sulfide) groups is 1. The highest BCUT2D eigenvalue weighted by atomic mass is 32.2. The van der Waals surface area contributed by atoms with Crippen LogP contribution >= 0.6 is 11.8 Å². The van der Waals surface area contributed by atoms with E-state index < -0.39 is 0 Å². The largest absolute Gasteiger partial charge is 0.364 e. The SMILES string of the molecule is CCCCN(c1ccccc1)C1(CN)CSCC(C)(C)C1. The van der Waals surface area contributed by atoms with E-state index in [0.29, 0.717) is 5.41 Å². The second kappa shape index (κ2) is 7.06. The minimum absolute atomic E-state index is 0.100. The molecule has 1 aromatic rings. The van der Waals surface area contributed by atoms with E-state index in [4.69, 9.17) is 5.73 Å². The molecule has 1 aliphatic heterocycles. The first-order valence-electron chi connectivity index (χ1n) is 8.13. The molecule has 0 spiro atoms. The maximum Gasteiger partial charge on any atom is 0.0619 e. The Hall–Kier alpha value is -0.670. The number of unbranched alkanes of at least 4 members (excludes halogenated alkanes) is 1. The average molecular weight is 307 g/mol. The van der Waals surface area contributed by atoms with Gasteiger partial charge in [-0.1, -0.05) is 45.4 Å². The summed E-state index contributed by atoms with van der Waals surface area (Å²) in [7, 11) is 0. The van der Waals surface area contributed by atoms with Crippen LogP contribution in [-0.4, -0.2) is 30.1 Å². The lowest BCUT2D eigenvalue weighted by molar-refractivity contribution is 0.258. The molecule has 0 amide bonds. The predicted octanol–water partition coefficient (Wildman–Crippen LogP) is 4.15. The molecule has 2 nitrogen and oxygen atoms in total. The van der Waals surface area contributed by atoms with Crippen molar-refractivity contribution in [2.24, 2.45) is 11.1 Å². The van der Waals surface area contributed by atoms with Crippen molar-refractivity contribution in [3.63, 3.8) is 0 Å². The molecule has 118 valence electrons. The Kier molecular flexibility index (Phi) is 5.61. The van der Waals surface area contributed by atoms with Crippen molar-refractivity contribution in [2.75, 3.05) is 29.5 Å². The molecule has 0 aromatic heterocycles. The zero-order chi connectivity index (χ0) is 15.3. The maximum atomic E-state index is 6.31. The van der Waals surface area contributed by atoms with Crippen LogP contribution in [-0.2, 0) is 0 Å². The van der Waals surface area contributed by atoms with Crippen LogP contribution < -0.4 is 10.6 Å². The maximum absolute atomic E-state index is 6.31. The first-order chi connectivity index (χ1) is 10.0. The van der Waals surface area contributed by atoms with Crippen molar-refractivity contribution >= 4 is 17.4 Å². The van der Waals surface area contributed by atoms with Gasteiger partial charge >= 0.3 is 0 Å². The fourth-order valence-corrected chi connectivity index (χ4v) is 5.00. The lowest BCUT2D eigenvalue weighted by atomic mass is 9.78. The molecule has 1 aliphatic rings. The molecule has 0 radical (unpaired) electrons. The smallest absolute Gasteiger partial charge is 0.0619 e. The molecule has 0 aliphatic carbocycles. The number of anilines is 1. The summed E-state index contributed by atoms with van der Waals surface area (Å²) in [5.74, 6) is 2.39. The second-order valence-electron chi connectivity index (χ2n) is 7.10. The van der Waals surface area contributed by atoms with Crippen molar-refractivity contribution in [2.45, 2.75) is 45.6 Å². The lowest BCUT2D eigenvalue weighted by Crippen LogP contribution is -2.60. The van der Waals surface area contributed by atoms with Crippen molar-refractivity contribution < 1.29 is 0 Å². The van der Waals surface area contributed by atoms with E-state index >= 15 is 0 Å². The highest BCUT2D eigenvalue weighted by molar-refractivity contribution is 7.99. The number of rotatable bonds is 6. The van der Waals surface area contributed by atoms with Crippen molar-refractivity contribution in [3.05, 3.63) is 30.3 Å². The fourth-order valence-electron chi connectivity index (χ4n) is 3.49. The summed E-state index contributed by atoms with van der Waals surface area (Å²) in [6.45, 7) is 8.87. The van der Waals surface area contributed by atoms with E-state index in [2.05, 4.69) is 67.8 Å².